The van der Waals surface area contributed by atoms with Crippen molar-refractivity contribution in [2.24, 2.45) is 0 Å². The fourth-order valence-electron chi connectivity index (χ4n) is 0.774. The lowest BCUT2D eigenvalue weighted by atomic mass is 10.3. The van der Waals surface area contributed by atoms with Gasteiger partial charge in [-0.05, 0) is 24.6 Å². The van der Waals surface area contributed by atoms with Gasteiger partial charge in [0, 0.05) is 12.2 Å². The van der Waals surface area contributed by atoms with Crippen LogP contribution in [0.4, 0.5) is 5.69 Å². The predicted octanol–water partition coefficient (Wildman–Crippen LogP) is 2.31. The maximum atomic E-state index is 3.27. The van der Waals surface area contributed by atoms with Gasteiger partial charge in [-0.1, -0.05) is 19.1 Å². The second kappa shape index (κ2) is 3.94. The van der Waals surface area contributed by atoms with Crippen LogP contribution in [0.3, 0.4) is 0 Å². The van der Waals surface area contributed by atoms with E-state index in [1.807, 2.05) is 24.3 Å². The van der Waals surface area contributed by atoms with Gasteiger partial charge in [-0.2, -0.15) is 0 Å². The molecule has 0 fully saturated rings. The first-order valence-corrected chi connectivity index (χ1v) is 3.63. The minimum Gasteiger partial charge on any atom is -0.385 e. The molecule has 0 aromatic heterocycles. The fourth-order valence-corrected chi connectivity index (χ4v) is 0.774. The lowest BCUT2D eigenvalue weighted by molar-refractivity contribution is 0.980. The summed E-state index contributed by atoms with van der Waals surface area (Å²) in [4.78, 5) is 0. The summed E-state index contributed by atoms with van der Waals surface area (Å²) in [6.07, 6.45) is 1.17. The first-order valence-electron chi connectivity index (χ1n) is 3.63. The van der Waals surface area contributed by atoms with Crippen LogP contribution in [0.1, 0.15) is 13.3 Å². The first-order chi connectivity index (χ1) is 4.93. The Hall–Kier alpha value is -0.980. The van der Waals surface area contributed by atoms with Crippen molar-refractivity contribution < 1.29 is 0 Å². The van der Waals surface area contributed by atoms with Gasteiger partial charge in [-0.3, -0.25) is 0 Å². The summed E-state index contributed by atoms with van der Waals surface area (Å²) < 4.78 is 0. The van der Waals surface area contributed by atoms with Gasteiger partial charge in [0.15, 0.2) is 0 Å². The maximum Gasteiger partial charge on any atom is 0.0340 e. The van der Waals surface area contributed by atoms with Gasteiger partial charge < -0.3 is 5.32 Å². The van der Waals surface area contributed by atoms with Crippen LogP contribution in [0.5, 0.6) is 0 Å². The van der Waals surface area contributed by atoms with E-state index in [2.05, 4.69) is 18.3 Å². The standard InChI is InChI=1S/C9H12N/c1-2-8-10-9-6-4-3-5-7-9/h4-7,10H,2,8H2,1H3. The van der Waals surface area contributed by atoms with Crippen LogP contribution in [0.2, 0.25) is 0 Å². The maximum absolute atomic E-state index is 3.27. The van der Waals surface area contributed by atoms with Crippen molar-refractivity contribution in [2.45, 2.75) is 13.3 Å². The third-order valence-electron chi connectivity index (χ3n) is 1.30. The first kappa shape index (κ1) is 7.13. The van der Waals surface area contributed by atoms with Gasteiger partial charge in [0.05, 0.1) is 0 Å². The van der Waals surface area contributed by atoms with E-state index in [1.165, 1.54) is 12.1 Å². The molecule has 53 valence electrons. The average Bonchev–Trinajstić information content (AvgIpc) is 2.03. The van der Waals surface area contributed by atoms with Crippen LogP contribution in [0, 0.1) is 6.07 Å². The molecule has 10 heavy (non-hydrogen) atoms. The highest BCUT2D eigenvalue weighted by atomic mass is 14.9. The molecule has 0 aliphatic rings. The van der Waals surface area contributed by atoms with E-state index in [1.54, 1.807) is 0 Å². The summed E-state index contributed by atoms with van der Waals surface area (Å²) >= 11 is 0. The van der Waals surface area contributed by atoms with Crippen molar-refractivity contribution in [2.75, 3.05) is 11.9 Å². The largest absolute Gasteiger partial charge is 0.385 e. The normalized spacial score (nSPS) is 9.30. The number of nitrogens with one attached hydrogen (secondary N) is 1. The van der Waals surface area contributed by atoms with Gasteiger partial charge >= 0.3 is 0 Å². The SMILES string of the molecule is CCCNc1cc[c]cc1. The highest BCUT2D eigenvalue weighted by molar-refractivity contribution is 5.41. The highest BCUT2D eigenvalue weighted by Gasteiger charge is 1.84. The second-order valence-corrected chi connectivity index (χ2v) is 2.22. The third-order valence-corrected chi connectivity index (χ3v) is 1.30. The summed E-state index contributed by atoms with van der Waals surface area (Å²) in [5.74, 6) is 0. The lowest BCUT2D eigenvalue weighted by Crippen LogP contribution is -1.98. The van der Waals surface area contributed by atoms with Crippen LogP contribution < -0.4 is 5.32 Å². The second-order valence-electron chi connectivity index (χ2n) is 2.22. The molecule has 0 amide bonds. The van der Waals surface area contributed by atoms with Crippen LogP contribution >= 0.6 is 0 Å². The minimum atomic E-state index is 1.05. The molecule has 0 heterocycles. The molecular formula is C9H12N. The Kier molecular flexibility index (Phi) is 2.81. The van der Waals surface area contributed by atoms with Crippen LogP contribution in [0.15, 0.2) is 24.3 Å². The Morgan fingerprint density at radius 1 is 1.40 bits per heavy atom. The van der Waals surface area contributed by atoms with Crippen molar-refractivity contribution in [3.8, 4) is 0 Å². The van der Waals surface area contributed by atoms with E-state index < -0.39 is 0 Å². The van der Waals surface area contributed by atoms with Crippen molar-refractivity contribution in [3.05, 3.63) is 30.3 Å². The van der Waals surface area contributed by atoms with Crippen LogP contribution in [-0.4, -0.2) is 6.54 Å². The molecule has 0 saturated heterocycles. The summed E-state index contributed by atoms with van der Waals surface area (Å²) in [5.41, 5.74) is 1.18. The average molecular weight is 134 g/mol. The van der Waals surface area contributed by atoms with E-state index in [0.717, 1.165) is 6.54 Å². The number of hydrogen-bond acceptors (Lipinski definition) is 1. The zero-order valence-corrected chi connectivity index (χ0v) is 6.22. The number of benzene rings is 1. The quantitative estimate of drug-likeness (QED) is 0.669. The summed E-state index contributed by atoms with van der Waals surface area (Å²) in [7, 11) is 0. The van der Waals surface area contributed by atoms with E-state index in [0.29, 0.717) is 0 Å². The molecule has 1 nitrogen and oxygen atoms in total. The molecule has 1 N–H and O–H groups in total. The molecule has 0 unspecified atom stereocenters. The van der Waals surface area contributed by atoms with Crippen LogP contribution in [-0.2, 0) is 0 Å². The Bertz CT molecular complexity index is 169. The van der Waals surface area contributed by atoms with Crippen LogP contribution in [0.25, 0.3) is 0 Å². The topological polar surface area (TPSA) is 12.0 Å². The zero-order chi connectivity index (χ0) is 7.23. The molecule has 0 saturated carbocycles. The number of anilines is 1. The van der Waals surface area contributed by atoms with Crippen molar-refractivity contribution >= 4 is 5.69 Å². The van der Waals surface area contributed by atoms with Crippen molar-refractivity contribution in [1.29, 1.82) is 0 Å². The Balaban J connectivity index is 2.43. The van der Waals surface area contributed by atoms with E-state index in [-0.39, 0.29) is 0 Å². The number of rotatable bonds is 3. The molecule has 0 aliphatic heterocycles. The third kappa shape index (κ3) is 2.09. The molecule has 0 aliphatic carbocycles. The van der Waals surface area contributed by atoms with Gasteiger partial charge in [0.1, 0.15) is 0 Å². The van der Waals surface area contributed by atoms with E-state index in [9.17, 15) is 0 Å². The molecule has 1 radical (unpaired) electrons. The molecule has 1 aromatic carbocycles. The van der Waals surface area contributed by atoms with Crippen molar-refractivity contribution in [1.82, 2.24) is 0 Å². The Morgan fingerprint density at radius 2 is 2.10 bits per heavy atom. The summed E-state index contributed by atoms with van der Waals surface area (Å²) in [5, 5.41) is 3.27. The highest BCUT2D eigenvalue weighted by Crippen LogP contribution is 2.03. The number of hydrogen-bond donors (Lipinski definition) is 1. The molecule has 0 spiro atoms. The monoisotopic (exact) mass is 134 g/mol. The fraction of sp³-hybridized carbons (Fsp3) is 0.333. The molecule has 0 bridgehead atoms. The lowest BCUT2D eigenvalue weighted by Gasteiger charge is -2.01. The minimum absolute atomic E-state index is 1.05. The van der Waals surface area contributed by atoms with Gasteiger partial charge in [0.25, 0.3) is 0 Å². The van der Waals surface area contributed by atoms with Gasteiger partial charge in [-0.15, -0.1) is 0 Å². The smallest absolute Gasteiger partial charge is 0.0340 e. The molecule has 0 atom stereocenters. The van der Waals surface area contributed by atoms with Gasteiger partial charge in [0.2, 0.25) is 0 Å². The van der Waals surface area contributed by atoms with E-state index in [4.69, 9.17) is 0 Å². The Morgan fingerprint density at radius 3 is 2.70 bits per heavy atom. The summed E-state index contributed by atoms with van der Waals surface area (Å²) in [6.45, 7) is 3.20. The van der Waals surface area contributed by atoms with Gasteiger partial charge in [-0.25, -0.2) is 0 Å². The molecular weight excluding hydrogens is 122 g/mol. The van der Waals surface area contributed by atoms with Crippen molar-refractivity contribution in [3.63, 3.8) is 0 Å². The summed E-state index contributed by atoms with van der Waals surface area (Å²) in [6, 6.07) is 10.8. The molecule has 1 heteroatoms. The molecule has 1 aromatic rings. The zero-order valence-electron chi connectivity index (χ0n) is 6.22. The van der Waals surface area contributed by atoms with E-state index >= 15 is 0 Å². The molecule has 1 rings (SSSR count). The predicted molar refractivity (Wildman–Crippen MR) is 44.1 cm³/mol. The Labute approximate surface area is 62.1 Å².